The highest BCUT2D eigenvalue weighted by atomic mass is 35.5. The van der Waals surface area contributed by atoms with Crippen LogP contribution >= 0.6 is 11.6 Å². The smallest absolute Gasteiger partial charge is 0.150 e. The maximum Gasteiger partial charge on any atom is 0.150 e. The van der Waals surface area contributed by atoms with E-state index in [0.717, 1.165) is 11.8 Å². The number of rotatable bonds is 3. The first-order chi connectivity index (χ1) is 8.19. The van der Waals surface area contributed by atoms with Gasteiger partial charge in [-0.25, -0.2) is 0 Å². The van der Waals surface area contributed by atoms with Crippen LogP contribution in [0.3, 0.4) is 0 Å². The Morgan fingerprint density at radius 1 is 1.12 bits per heavy atom. The van der Waals surface area contributed by atoms with E-state index < -0.39 is 0 Å². The maximum absolute atomic E-state index is 10.7. The molecule has 2 nitrogen and oxygen atoms in total. The van der Waals surface area contributed by atoms with Gasteiger partial charge in [-0.3, -0.25) is 4.79 Å². The topological polar surface area (TPSA) is 26.3 Å². The molecule has 0 spiro atoms. The summed E-state index contributed by atoms with van der Waals surface area (Å²) < 4.78 is 5.64. The number of aldehydes is 1. The lowest BCUT2D eigenvalue weighted by Gasteiger charge is -2.07. The average Bonchev–Trinajstić information content (AvgIpc) is 2.29. The second-order valence-corrected chi connectivity index (χ2v) is 4.13. The van der Waals surface area contributed by atoms with Gasteiger partial charge in [0.1, 0.15) is 17.8 Å². The maximum atomic E-state index is 10.7. The van der Waals surface area contributed by atoms with Gasteiger partial charge in [-0.1, -0.05) is 17.7 Å². The summed E-state index contributed by atoms with van der Waals surface area (Å²) in [6, 6.07) is 12.5. The molecule has 2 rings (SSSR count). The molecule has 0 atom stereocenters. The van der Waals surface area contributed by atoms with Crippen molar-refractivity contribution >= 4 is 17.9 Å². The first kappa shape index (κ1) is 11.7. The van der Waals surface area contributed by atoms with Crippen molar-refractivity contribution in [2.24, 2.45) is 0 Å². The monoisotopic (exact) mass is 246 g/mol. The van der Waals surface area contributed by atoms with Crippen LogP contribution in [-0.2, 0) is 0 Å². The summed E-state index contributed by atoms with van der Waals surface area (Å²) in [7, 11) is 0. The molecular weight excluding hydrogens is 236 g/mol. The fourth-order valence-corrected chi connectivity index (χ4v) is 1.69. The van der Waals surface area contributed by atoms with Crippen molar-refractivity contribution in [3.63, 3.8) is 0 Å². The molecule has 0 aliphatic rings. The molecule has 2 aromatic rings. The lowest BCUT2D eigenvalue weighted by molar-refractivity contribution is 0.112. The van der Waals surface area contributed by atoms with Gasteiger partial charge in [-0.2, -0.15) is 0 Å². The molecule has 0 radical (unpaired) electrons. The third kappa shape index (κ3) is 2.86. The van der Waals surface area contributed by atoms with Crippen LogP contribution < -0.4 is 4.74 Å². The molecule has 0 heterocycles. The first-order valence-electron chi connectivity index (χ1n) is 5.18. The number of carbonyl (C=O) groups excluding carboxylic acids is 1. The average molecular weight is 247 g/mol. The largest absolute Gasteiger partial charge is 0.457 e. The number of halogens is 1. The Bertz CT molecular complexity index is 550. The quantitative estimate of drug-likeness (QED) is 0.757. The van der Waals surface area contributed by atoms with Crippen molar-refractivity contribution < 1.29 is 9.53 Å². The van der Waals surface area contributed by atoms with E-state index in [9.17, 15) is 4.79 Å². The molecular formula is C14H11ClO2. The van der Waals surface area contributed by atoms with E-state index in [0.29, 0.717) is 22.1 Å². The molecule has 17 heavy (non-hydrogen) atoms. The van der Waals surface area contributed by atoms with Crippen LogP contribution in [0.1, 0.15) is 15.9 Å². The van der Waals surface area contributed by atoms with Gasteiger partial charge in [-0.15, -0.1) is 0 Å². The van der Waals surface area contributed by atoms with E-state index in [2.05, 4.69) is 0 Å². The van der Waals surface area contributed by atoms with Crippen LogP contribution in [0.5, 0.6) is 11.5 Å². The van der Waals surface area contributed by atoms with Gasteiger partial charge in [0.25, 0.3) is 0 Å². The molecule has 86 valence electrons. The minimum absolute atomic E-state index is 0.628. The zero-order chi connectivity index (χ0) is 12.3. The zero-order valence-corrected chi connectivity index (χ0v) is 10.1. The minimum Gasteiger partial charge on any atom is -0.457 e. The molecule has 3 heteroatoms. The first-order valence-corrected chi connectivity index (χ1v) is 5.56. The summed E-state index contributed by atoms with van der Waals surface area (Å²) in [5.41, 5.74) is 1.56. The Labute approximate surface area is 105 Å². The van der Waals surface area contributed by atoms with E-state index in [-0.39, 0.29) is 0 Å². The number of ether oxygens (including phenoxy) is 1. The summed E-state index contributed by atoms with van der Waals surface area (Å²) in [5.74, 6) is 1.37. The molecule has 0 unspecified atom stereocenters. The van der Waals surface area contributed by atoms with Gasteiger partial charge < -0.3 is 4.74 Å². The van der Waals surface area contributed by atoms with Crippen molar-refractivity contribution in [2.75, 3.05) is 0 Å². The van der Waals surface area contributed by atoms with Crippen LogP contribution in [0.2, 0.25) is 5.02 Å². The Balaban J connectivity index is 2.24. The molecule has 0 aliphatic carbocycles. The normalized spacial score (nSPS) is 10.0. The molecule has 0 amide bonds. The number of aryl methyl sites for hydroxylation is 1. The number of hydrogen-bond donors (Lipinski definition) is 0. The van der Waals surface area contributed by atoms with E-state index in [1.54, 1.807) is 24.3 Å². The summed E-state index contributed by atoms with van der Waals surface area (Å²) in [6.45, 7) is 1.87. The van der Waals surface area contributed by atoms with Gasteiger partial charge >= 0.3 is 0 Å². The van der Waals surface area contributed by atoms with E-state index in [1.807, 2.05) is 25.1 Å². The van der Waals surface area contributed by atoms with E-state index in [4.69, 9.17) is 16.3 Å². The molecule has 0 N–H and O–H groups in total. The third-order valence-corrected chi connectivity index (χ3v) is 2.64. The predicted molar refractivity (Wildman–Crippen MR) is 68.1 cm³/mol. The second-order valence-electron chi connectivity index (χ2n) is 3.70. The minimum atomic E-state index is 0.628. The van der Waals surface area contributed by atoms with Crippen LogP contribution in [0.4, 0.5) is 0 Å². The standard InChI is InChI=1S/C14H11ClO2/c1-10-7-14(6-5-11(10)9-16)17-13-4-2-3-12(15)8-13/h2-9H,1H3. The van der Waals surface area contributed by atoms with Crippen LogP contribution in [0.15, 0.2) is 42.5 Å². The Hall–Kier alpha value is -1.80. The SMILES string of the molecule is Cc1cc(Oc2cccc(Cl)c2)ccc1C=O. The van der Waals surface area contributed by atoms with Gasteiger partial charge in [0.2, 0.25) is 0 Å². The summed E-state index contributed by atoms with van der Waals surface area (Å²) in [5, 5.41) is 0.628. The van der Waals surface area contributed by atoms with Gasteiger partial charge in [0.15, 0.2) is 0 Å². The lowest BCUT2D eigenvalue weighted by Crippen LogP contribution is -1.89. The number of benzene rings is 2. The van der Waals surface area contributed by atoms with Crippen molar-refractivity contribution in [1.29, 1.82) is 0 Å². The lowest BCUT2D eigenvalue weighted by atomic mass is 10.1. The number of carbonyl (C=O) groups is 1. The Kier molecular flexibility index (Phi) is 3.45. The van der Waals surface area contributed by atoms with Crippen molar-refractivity contribution in [3.8, 4) is 11.5 Å². The molecule has 2 aromatic carbocycles. The van der Waals surface area contributed by atoms with Crippen LogP contribution in [0.25, 0.3) is 0 Å². The Morgan fingerprint density at radius 3 is 2.53 bits per heavy atom. The second kappa shape index (κ2) is 5.02. The molecule has 0 fully saturated rings. The van der Waals surface area contributed by atoms with Crippen LogP contribution in [0, 0.1) is 6.92 Å². The van der Waals surface area contributed by atoms with Crippen molar-refractivity contribution in [3.05, 3.63) is 58.6 Å². The summed E-state index contributed by atoms with van der Waals surface area (Å²) in [6.07, 6.45) is 0.832. The highest BCUT2D eigenvalue weighted by molar-refractivity contribution is 6.30. The molecule has 0 saturated carbocycles. The molecule has 0 bridgehead atoms. The predicted octanol–water partition coefficient (Wildman–Crippen LogP) is 4.25. The van der Waals surface area contributed by atoms with Crippen molar-refractivity contribution in [1.82, 2.24) is 0 Å². The van der Waals surface area contributed by atoms with Gasteiger partial charge in [0, 0.05) is 10.6 Å². The highest BCUT2D eigenvalue weighted by Gasteiger charge is 2.01. The van der Waals surface area contributed by atoms with Crippen LogP contribution in [-0.4, -0.2) is 6.29 Å². The summed E-state index contributed by atoms with van der Waals surface area (Å²) in [4.78, 5) is 10.7. The van der Waals surface area contributed by atoms with Crippen molar-refractivity contribution in [2.45, 2.75) is 6.92 Å². The highest BCUT2D eigenvalue weighted by Crippen LogP contribution is 2.25. The third-order valence-electron chi connectivity index (χ3n) is 2.40. The molecule has 0 aliphatic heterocycles. The fraction of sp³-hybridized carbons (Fsp3) is 0.0714. The van der Waals surface area contributed by atoms with E-state index >= 15 is 0 Å². The van der Waals surface area contributed by atoms with E-state index in [1.165, 1.54) is 0 Å². The van der Waals surface area contributed by atoms with Gasteiger partial charge in [0.05, 0.1) is 0 Å². The number of hydrogen-bond acceptors (Lipinski definition) is 2. The molecule has 0 saturated heterocycles. The Morgan fingerprint density at radius 2 is 1.88 bits per heavy atom. The molecule has 0 aromatic heterocycles. The van der Waals surface area contributed by atoms with Gasteiger partial charge in [-0.05, 0) is 48.9 Å². The zero-order valence-electron chi connectivity index (χ0n) is 9.31. The fourth-order valence-electron chi connectivity index (χ4n) is 1.51. The summed E-state index contributed by atoms with van der Waals surface area (Å²) >= 11 is 5.86.